The maximum Gasteiger partial charge on any atom is 0.306 e. The van der Waals surface area contributed by atoms with Crippen molar-refractivity contribution in [1.82, 2.24) is 0 Å². The van der Waals surface area contributed by atoms with Gasteiger partial charge in [-0.05, 0) is 30.1 Å². The van der Waals surface area contributed by atoms with Crippen LogP contribution in [0.1, 0.15) is 33.6 Å². The van der Waals surface area contributed by atoms with Gasteiger partial charge in [0.15, 0.2) is 8.32 Å². The highest BCUT2D eigenvalue weighted by atomic mass is 28.4. The van der Waals surface area contributed by atoms with Gasteiger partial charge in [0.1, 0.15) is 6.10 Å². The maximum absolute atomic E-state index is 11.1. The van der Waals surface area contributed by atoms with E-state index in [-0.39, 0.29) is 17.1 Å². The minimum atomic E-state index is -1.89. The number of nitrogens with zero attached hydrogens (tertiary/aromatic N) is 3. The highest BCUT2D eigenvalue weighted by molar-refractivity contribution is 6.74. The Balaban J connectivity index is 2.65. The van der Waals surface area contributed by atoms with Crippen molar-refractivity contribution in [1.29, 1.82) is 0 Å². The van der Waals surface area contributed by atoms with Crippen LogP contribution in [-0.4, -0.2) is 33.0 Å². The molecule has 2 atom stereocenters. The van der Waals surface area contributed by atoms with E-state index in [0.717, 1.165) is 0 Å². The fourth-order valence-electron chi connectivity index (χ4n) is 1.61. The normalized spacial score (nSPS) is 21.7. The zero-order chi connectivity index (χ0) is 14.7. The van der Waals surface area contributed by atoms with Crippen LogP contribution in [0.3, 0.4) is 0 Å². The van der Waals surface area contributed by atoms with Crippen LogP contribution >= 0.6 is 0 Å². The van der Waals surface area contributed by atoms with E-state index in [2.05, 4.69) is 43.9 Å². The van der Waals surface area contributed by atoms with Crippen molar-refractivity contribution in [2.45, 2.75) is 63.9 Å². The Morgan fingerprint density at radius 2 is 2.21 bits per heavy atom. The van der Waals surface area contributed by atoms with Crippen LogP contribution < -0.4 is 0 Å². The summed E-state index contributed by atoms with van der Waals surface area (Å²) in [6, 6.07) is -0.425. The smallest absolute Gasteiger partial charge is 0.306 e. The number of hydrogen-bond acceptors (Lipinski definition) is 4. The average Bonchev–Trinajstić information content (AvgIpc) is 2.69. The lowest BCUT2D eigenvalue weighted by Crippen LogP contribution is -2.44. The first-order valence-corrected chi connectivity index (χ1v) is 9.46. The summed E-state index contributed by atoms with van der Waals surface area (Å²) in [5.41, 5.74) is 8.63. The van der Waals surface area contributed by atoms with E-state index < -0.39 is 14.4 Å². The number of ether oxygens (including phenoxy) is 1. The van der Waals surface area contributed by atoms with E-state index >= 15 is 0 Å². The van der Waals surface area contributed by atoms with E-state index in [1.807, 2.05) is 0 Å². The van der Waals surface area contributed by atoms with Crippen molar-refractivity contribution >= 4 is 14.3 Å². The number of esters is 1. The Bertz CT molecular complexity index is 386. The Labute approximate surface area is 115 Å². The predicted molar refractivity (Wildman–Crippen MR) is 75.2 cm³/mol. The van der Waals surface area contributed by atoms with Crippen molar-refractivity contribution in [2.24, 2.45) is 5.11 Å². The standard InChI is InChI=1S/C12H23N3O3Si/c1-12(2,3)19(4,5)17-8-9(14-15-13)10-6-7-11(16)18-10/h9-10H,6-8H2,1-5H3/t9-,10-/m0/s1. The van der Waals surface area contributed by atoms with Gasteiger partial charge in [-0.15, -0.1) is 0 Å². The lowest BCUT2D eigenvalue weighted by atomic mass is 10.1. The molecule has 7 heteroatoms. The summed E-state index contributed by atoms with van der Waals surface area (Å²) in [4.78, 5) is 14.0. The first kappa shape index (κ1) is 16.0. The van der Waals surface area contributed by atoms with Gasteiger partial charge in [0.25, 0.3) is 0 Å². The second-order valence-electron chi connectivity index (χ2n) is 6.41. The molecule has 0 N–H and O–H groups in total. The fourth-order valence-corrected chi connectivity index (χ4v) is 2.63. The van der Waals surface area contributed by atoms with Crippen molar-refractivity contribution in [3.05, 3.63) is 10.4 Å². The number of carbonyl (C=O) groups is 1. The summed E-state index contributed by atoms with van der Waals surface area (Å²) in [6.45, 7) is 11.0. The summed E-state index contributed by atoms with van der Waals surface area (Å²) in [7, 11) is -1.89. The molecule has 1 heterocycles. The monoisotopic (exact) mass is 285 g/mol. The topological polar surface area (TPSA) is 84.3 Å². The van der Waals surface area contributed by atoms with Gasteiger partial charge in [-0.1, -0.05) is 25.9 Å². The quantitative estimate of drug-likeness (QED) is 0.255. The third-order valence-electron chi connectivity index (χ3n) is 3.97. The molecule has 1 rings (SSSR count). The van der Waals surface area contributed by atoms with E-state index in [1.165, 1.54) is 0 Å². The van der Waals surface area contributed by atoms with Gasteiger partial charge in [0.2, 0.25) is 0 Å². The molecule has 0 bridgehead atoms. The minimum absolute atomic E-state index is 0.0975. The van der Waals surface area contributed by atoms with Gasteiger partial charge < -0.3 is 9.16 Å². The molecular formula is C12H23N3O3Si. The predicted octanol–water partition coefficient (Wildman–Crippen LogP) is 3.39. The number of azide groups is 1. The van der Waals surface area contributed by atoms with E-state index in [0.29, 0.717) is 19.4 Å². The van der Waals surface area contributed by atoms with E-state index in [1.54, 1.807) is 0 Å². The molecule has 0 unspecified atom stereocenters. The minimum Gasteiger partial charge on any atom is -0.462 e. The van der Waals surface area contributed by atoms with Crippen LogP contribution in [0.5, 0.6) is 0 Å². The highest BCUT2D eigenvalue weighted by Gasteiger charge is 2.39. The summed E-state index contributed by atoms with van der Waals surface area (Å²) in [6.07, 6.45) is 0.652. The second-order valence-corrected chi connectivity index (χ2v) is 11.2. The Morgan fingerprint density at radius 1 is 1.58 bits per heavy atom. The van der Waals surface area contributed by atoms with Gasteiger partial charge in [-0.25, -0.2) is 0 Å². The number of hydrogen-bond donors (Lipinski definition) is 0. The summed E-state index contributed by atoms with van der Waals surface area (Å²) in [5, 5.41) is 3.82. The molecule has 1 aliphatic rings. The Hall–Kier alpha value is -1.04. The van der Waals surface area contributed by atoms with Crippen LogP contribution in [0.2, 0.25) is 18.1 Å². The zero-order valence-corrected chi connectivity index (χ0v) is 13.3. The average molecular weight is 285 g/mol. The van der Waals surface area contributed by atoms with Crippen LogP contribution in [0.15, 0.2) is 5.11 Å². The summed E-state index contributed by atoms with van der Waals surface area (Å²) < 4.78 is 11.2. The molecule has 0 aliphatic carbocycles. The molecule has 0 aromatic carbocycles. The Morgan fingerprint density at radius 3 is 2.63 bits per heavy atom. The number of rotatable bonds is 5. The third kappa shape index (κ3) is 4.23. The van der Waals surface area contributed by atoms with Crippen molar-refractivity contribution in [2.75, 3.05) is 6.61 Å². The molecule has 1 saturated heterocycles. The first-order chi connectivity index (χ1) is 8.67. The molecule has 1 aliphatic heterocycles. The molecule has 6 nitrogen and oxygen atoms in total. The largest absolute Gasteiger partial charge is 0.462 e. The van der Waals surface area contributed by atoms with Crippen molar-refractivity contribution in [3.8, 4) is 0 Å². The maximum atomic E-state index is 11.1. The molecule has 0 aromatic heterocycles. The van der Waals surface area contributed by atoms with Crippen LogP contribution in [0.25, 0.3) is 10.4 Å². The van der Waals surface area contributed by atoms with Crippen molar-refractivity contribution < 1.29 is 14.0 Å². The molecule has 1 fully saturated rings. The third-order valence-corrected chi connectivity index (χ3v) is 8.47. The molecule has 108 valence electrons. The Kier molecular flexibility index (Phi) is 5.01. The van der Waals surface area contributed by atoms with Gasteiger partial charge in [0.05, 0.1) is 6.04 Å². The first-order valence-electron chi connectivity index (χ1n) is 6.55. The molecule has 0 radical (unpaired) electrons. The van der Waals surface area contributed by atoms with Gasteiger partial charge >= 0.3 is 5.97 Å². The van der Waals surface area contributed by atoms with Crippen LogP contribution in [-0.2, 0) is 14.0 Å². The van der Waals surface area contributed by atoms with E-state index in [4.69, 9.17) is 14.7 Å². The van der Waals surface area contributed by atoms with Crippen LogP contribution in [0, 0.1) is 0 Å². The molecular weight excluding hydrogens is 262 g/mol. The highest BCUT2D eigenvalue weighted by Crippen LogP contribution is 2.37. The molecule has 19 heavy (non-hydrogen) atoms. The molecule has 0 amide bonds. The van der Waals surface area contributed by atoms with Gasteiger partial charge in [0, 0.05) is 17.9 Å². The van der Waals surface area contributed by atoms with Gasteiger partial charge in [-0.3, -0.25) is 4.79 Å². The molecule has 0 aromatic rings. The van der Waals surface area contributed by atoms with E-state index in [9.17, 15) is 4.79 Å². The number of cyclic esters (lactones) is 1. The molecule has 0 saturated carbocycles. The second kappa shape index (κ2) is 5.94. The van der Waals surface area contributed by atoms with Gasteiger partial charge in [-0.2, -0.15) is 0 Å². The van der Waals surface area contributed by atoms with Crippen molar-refractivity contribution in [3.63, 3.8) is 0 Å². The summed E-state index contributed by atoms with van der Waals surface area (Å²) in [5.74, 6) is -0.226. The summed E-state index contributed by atoms with van der Waals surface area (Å²) >= 11 is 0. The lowest BCUT2D eigenvalue weighted by molar-refractivity contribution is -0.142. The SMILES string of the molecule is CC(C)(C)[Si](C)(C)OC[C@H](N=[N+]=[N-])[C@@H]1CCC(=O)O1. The van der Waals surface area contributed by atoms with Crippen LogP contribution in [0.4, 0.5) is 0 Å². The molecule has 0 spiro atoms. The number of carbonyl (C=O) groups excluding carboxylic acids is 1. The zero-order valence-electron chi connectivity index (χ0n) is 12.3. The fraction of sp³-hybridized carbons (Fsp3) is 0.917. The lowest BCUT2D eigenvalue weighted by Gasteiger charge is -2.37.